The van der Waals surface area contributed by atoms with Crippen LogP contribution >= 0.6 is 11.6 Å². The summed E-state index contributed by atoms with van der Waals surface area (Å²) in [6, 6.07) is 4.77. The number of halogens is 2. The van der Waals surface area contributed by atoms with Gasteiger partial charge in [-0.05, 0) is 30.5 Å². The zero-order valence-electron chi connectivity index (χ0n) is 7.09. The van der Waals surface area contributed by atoms with Crippen molar-refractivity contribution in [2.75, 3.05) is 6.61 Å². The van der Waals surface area contributed by atoms with Crippen molar-refractivity contribution in [3.63, 3.8) is 0 Å². The number of hydrogen-bond acceptors (Lipinski definition) is 1. The minimum absolute atomic E-state index is 0.109. The van der Waals surface area contributed by atoms with Crippen LogP contribution in [0, 0.1) is 5.82 Å². The summed E-state index contributed by atoms with van der Waals surface area (Å²) < 4.78 is 18.3. The summed E-state index contributed by atoms with van der Waals surface area (Å²) in [7, 11) is 0. The summed E-state index contributed by atoms with van der Waals surface area (Å²) >= 11 is 5.66. The maximum atomic E-state index is 12.8. The van der Waals surface area contributed by atoms with Gasteiger partial charge in [0.1, 0.15) is 5.82 Å². The predicted molar refractivity (Wildman–Crippen MR) is 49.3 cm³/mol. The second kappa shape index (κ2) is 3.64. The fraction of sp³-hybridized carbons (Fsp3) is 0.400. The van der Waals surface area contributed by atoms with Gasteiger partial charge in [-0.25, -0.2) is 4.39 Å². The highest BCUT2D eigenvalue weighted by molar-refractivity contribution is 6.30. The summed E-state index contributed by atoms with van der Waals surface area (Å²) in [5.41, 5.74) is 0.976. The molecule has 1 aromatic carbocycles. The molecule has 1 fully saturated rings. The molecule has 1 nitrogen and oxygen atoms in total. The van der Waals surface area contributed by atoms with E-state index in [1.807, 2.05) is 0 Å². The van der Waals surface area contributed by atoms with Crippen LogP contribution in [0.3, 0.4) is 0 Å². The Morgan fingerprint density at radius 3 is 2.92 bits per heavy atom. The van der Waals surface area contributed by atoms with Crippen molar-refractivity contribution in [2.45, 2.75) is 18.9 Å². The lowest BCUT2D eigenvalue weighted by molar-refractivity contribution is 0.112. The Labute approximate surface area is 81.5 Å². The largest absolute Gasteiger partial charge is 0.374 e. The molecule has 0 aromatic heterocycles. The average Bonchev–Trinajstić information content (AvgIpc) is 2.62. The number of rotatable bonds is 1. The summed E-state index contributed by atoms with van der Waals surface area (Å²) in [6.45, 7) is 0.791. The van der Waals surface area contributed by atoms with Crippen LogP contribution in [0.15, 0.2) is 18.2 Å². The van der Waals surface area contributed by atoms with E-state index in [1.54, 1.807) is 12.1 Å². The SMILES string of the molecule is Fc1ccc(C2CCCO2)cc1Cl. The minimum atomic E-state index is -0.372. The fourth-order valence-electron chi connectivity index (χ4n) is 1.55. The van der Waals surface area contributed by atoms with Crippen molar-refractivity contribution >= 4 is 11.6 Å². The monoisotopic (exact) mass is 200 g/mol. The lowest BCUT2D eigenvalue weighted by atomic mass is 10.1. The summed E-state index contributed by atoms with van der Waals surface area (Å²) in [5, 5.41) is 0.174. The first kappa shape index (κ1) is 8.97. The molecular weight excluding hydrogens is 191 g/mol. The van der Waals surface area contributed by atoms with Crippen LogP contribution in [-0.2, 0) is 4.74 Å². The maximum Gasteiger partial charge on any atom is 0.141 e. The van der Waals surface area contributed by atoms with Gasteiger partial charge >= 0.3 is 0 Å². The quantitative estimate of drug-likeness (QED) is 0.676. The topological polar surface area (TPSA) is 9.23 Å². The molecule has 1 saturated heterocycles. The molecule has 0 radical (unpaired) electrons. The molecule has 13 heavy (non-hydrogen) atoms. The third-order valence-electron chi connectivity index (χ3n) is 2.25. The van der Waals surface area contributed by atoms with Crippen LogP contribution in [0.5, 0.6) is 0 Å². The van der Waals surface area contributed by atoms with Crippen molar-refractivity contribution < 1.29 is 9.13 Å². The molecule has 1 aliphatic rings. The smallest absolute Gasteiger partial charge is 0.141 e. The minimum Gasteiger partial charge on any atom is -0.374 e. The summed E-state index contributed by atoms with van der Waals surface area (Å²) in [5.74, 6) is -0.372. The van der Waals surface area contributed by atoms with E-state index >= 15 is 0 Å². The summed E-state index contributed by atoms with van der Waals surface area (Å²) in [6.07, 6.45) is 2.18. The molecule has 1 atom stereocenters. The second-order valence-electron chi connectivity index (χ2n) is 3.18. The van der Waals surface area contributed by atoms with Crippen LogP contribution in [0.2, 0.25) is 5.02 Å². The van der Waals surface area contributed by atoms with Gasteiger partial charge in [-0.15, -0.1) is 0 Å². The van der Waals surface area contributed by atoms with Gasteiger partial charge in [-0.2, -0.15) is 0 Å². The van der Waals surface area contributed by atoms with E-state index in [-0.39, 0.29) is 16.9 Å². The van der Waals surface area contributed by atoms with Gasteiger partial charge in [0.2, 0.25) is 0 Å². The lowest BCUT2D eigenvalue weighted by Crippen LogP contribution is -1.95. The first-order valence-electron chi connectivity index (χ1n) is 4.34. The molecule has 0 amide bonds. The van der Waals surface area contributed by atoms with E-state index in [1.165, 1.54) is 6.07 Å². The van der Waals surface area contributed by atoms with E-state index < -0.39 is 0 Å². The Balaban J connectivity index is 2.25. The maximum absolute atomic E-state index is 12.8. The Hall–Kier alpha value is -0.600. The zero-order chi connectivity index (χ0) is 9.26. The third-order valence-corrected chi connectivity index (χ3v) is 2.53. The van der Waals surface area contributed by atoms with Crippen LogP contribution in [-0.4, -0.2) is 6.61 Å². The summed E-state index contributed by atoms with van der Waals surface area (Å²) in [4.78, 5) is 0. The third kappa shape index (κ3) is 1.84. The van der Waals surface area contributed by atoms with Crippen molar-refractivity contribution in [1.29, 1.82) is 0 Å². The Morgan fingerprint density at radius 2 is 2.31 bits per heavy atom. The van der Waals surface area contributed by atoms with Gasteiger partial charge in [-0.3, -0.25) is 0 Å². The Morgan fingerprint density at radius 1 is 1.46 bits per heavy atom. The van der Waals surface area contributed by atoms with Crippen LogP contribution in [0.1, 0.15) is 24.5 Å². The first-order chi connectivity index (χ1) is 6.27. The van der Waals surface area contributed by atoms with Crippen LogP contribution in [0.25, 0.3) is 0 Å². The highest BCUT2D eigenvalue weighted by atomic mass is 35.5. The number of benzene rings is 1. The standard InChI is InChI=1S/C10H10ClFO/c11-8-6-7(3-4-9(8)12)10-2-1-5-13-10/h3-4,6,10H,1-2,5H2. The zero-order valence-corrected chi connectivity index (χ0v) is 7.85. The normalized spacial score (nSPS) is 22.2. The van der Waals surface area contributed by atoms with Gasteiger partial charge in [0.05, 0.1) is 11.1 Å². The molecule has 2 rings (SSSR count). The number of hydrogen-bond donors (Lipinski definition) is 0. The van der Waals surface area contributed by atoms with Crippen LogP contribution in [0.4, 0.5) is 4.39 Å². The van der Waals surface area contributed by atoms with Gasteiger partial charge in [0.15, 0.2) is 0 Å². The predicted octanol–water partition coefficient (Wildman–Crippen LogP) is 3.33. The van der Waals surface area contributed by atoms with Crippen LogP contribution < -0.4 is 0 Å². The van der Waals surface area contributed by atoms with Crippen molar-refractivity contribution in [3.05, 3.63) is 34.6 Å². The van der Waals surface area contributed by atoms with Gasteiger partial charge in [0.25, 0.3) is 0 Å². The fourth-order valence-corrected chi connectivity index (χ4v) is 1.74. The molecule has 0 bridgehead atoms. The molecule has 1 aromatic rings. The van der Waals surface area contributed by atoms with E-state index in [0.29, 0.717) is 0 Å². The molecule has 0 N–H and O–H groups in total. The molecule has 0 saturated carbocycles. The number of ether oxygens (including phenoxy) is 1. The van der Waals surface area contributed by atoms with E-state index in [9.17, 15) is 4.39 Å². The molecule has 0 aliphatic carbocycles. The van der Waals surface area contributed by atoms with Gasteiger partial charge in [-0.1, -0.05) is 17.7 Å². The highest BCUT2D eigenvalue weighted by Crippen LogP contribution is 2.30. The molecule has 3 heteroatoms. The second-order valence-corrected chi connectivity index (χ2v) is 3.58. The molecule has 0 spiro atoms. The first-order valence-corrected chi connectivity index (χ1v) is 4.72. The van der Waals surface area contributed by atoms with E-state index in [0.717, 1.165) is 25.0 Å². The van der Waals surface area contributed by atoms with E-state index in [2.05, 4.69) is 0 Å². The van der Waals surface area contributed by atoms with Crippen molar-refractivity contribution in [3.8, 4) is 0 Å². The Kier molecular flexibility index (Phi) is 2.51. The van der Waals surface area contributed by atoms with Gasteiger partial charge in [0, 0.05) is 6.61 Å². The van der Waals surface area contributed by atoms with Crippen molar-refractivity contribution in [1.82, 2.24) is 0 Å². The molecule has 70 valence electrons. The Bertz CT molecular complexity index is 308. The van der Waals surface area contributed by atoms with E-state index in [4.69, 9.17) is 16.3 Å². The molecule has 1 aliphatic heterocycles. The lowest BCUT2D eigenvalue weighted by Gasteiger charge is -2.09. The highest BCUT2D eigenvalue weighted by Gasteiger charge is 2.18. The van der Waals surface area contributed by atoms with Crippen molar-refractivity contribution in [2.24, 2.45) is 0 Å². The molecule has 1 heterocycles. The van der Waals surface area contributed by atoms with Gasteiger partial charge < -0.3 is 4.74 Å². The average molecular weight is 201 g/mol. The molecular formula is C10H10ClFO. The molecule has 1 unspecified atom stereocenters.